The van der Waals surface area contributed by atoms with Gasteiger partial charge in [0.2, 0.25) is 5.91 Å². The van der Waals surface area contributed by atoms with E-state index in [-0.39, 0.29) is 5.91 Å². The molecule has 0 aliphatic heterocycles. The average molecular weight is 338 g/mol. The third-order valence-electron chi connectivity index (χ3n) is 3.55. The number of amides is 1. The van der Waals surface area contributed by atoms with Crippen molar-refractivity contribution in [3.05, 3.63) is 84.5 Å². The van der Waals surface area contributed by atoms with E-state index in [1.807, 2.05) is 24.3 Å². The average Bonchev–Trinajstić information content (AvgIpc) is 2.61. The Kier molecular flexibility index (Phi) is 11.6. The summed E-state index contributed by atoms with van der Waals surface area (Å²) in [6.07, 6.45) is 20.0. The van der Waals surface area contributed by atoms with Crippen LogP contribution in [-0.2, 0) is 11.2 Å². The molecule has 0 saturated heterocycles. The van der Waals surface area contributed by atoms with Crippen molar-refractivity contribution in [3.8, 4) is 0 Å². The van der Waals surface area contributed by atoms with Crippen molar-refractivity contribution in [2.45, 2.75) is 39.5 Å². The number of benzene rings is 1. The zero-order chi connectivity index (χ0) is 18.2. The number of rotatable bonds is 11. The molecule has 0 unspecified atom stereocenters. The summed E-state index contributed by atoms with van der Waals surface area (Å²) in [5.41, 5.74) is 1.42. The SMILES string of the molecule is CC(C)CNC(=O)/C=C/C=C/C=CC=CCCCCc1ccccc1. The van der Waals surface area contributed by atoms with Gasteiger partial charge in [-0.25, -0.2) is 0 Å². The molecule has 2 nitrogen and oxygen atoms in total. The molecule has 0 aromatic heterocycles. The molecule has 0 radical (unpaired) electrons. The zero-order valence-corrected chi connectivity index (χ0v) is 15.5. The summed E-state index contributed by atoms with van der Waals surface area (Å²) in [5, 5.41) is 2.84. The quantitative estimate of drug-likeness (QED) is 0.327. The number of carbonyl (C=O) groups excluding carboxylic acids is 1. The molecule has 1 aromatic rings. The Hall–Kier alpha value is -2.35. The minimum Gasteiger partial charge on any atom is -0.352 e. The van der Waals surface area contributed by atoms with E-state index in [9.17, 15) is 4.79 Å². The topological polar surface area (TPSA) is 29.1 Å². The molecule has 0 aliphatic rings. The van der Waals surface area contributed by atoms with Crippen LogP contribution in [0.5, 0.6) is 0 Å². The molecular formula is C23H31NO. The first-order valence-corrected chi connectivity index (χ1v) is 9.17. The monoisotopic (exact) mass is 337 g/mol. The fourth-order valence-electron chi connectivity index (χ4n) is 2.17. The number of hydrogen-bond donors (Lipinski definition) is 1. The maximum Gasteiger partial charge on any atom is 0.243 e. The molecule has 0 fully saturated rings. The Labute approximate surface area is 153 Å². The highest BCUT2D eigenvalue weighted by Gasteiger charge is 1.95. The first kappa shape index (κ1) is 20.7. The van der Waals surface area contributed by atoms with Crippen LogP contribution in [0.2, 0.25) is 0 Å². The van der Waals surface area contributed by atoms with E-state index in [4.69, 9.17) is 0 Å². The fourth-order valence-corrected chi connectivity index (χ4v) is 2.17. The van der Waals surface area contributed by atoms with E-state index < -0.39 is 0 Å². The van der Waals surface area contributed by atoms with Crippen LogP contribution < -0.4 is 5.32 Å². The number of carbonyl (C=O) groups is 1. The second-order valence-electron chi connectivity index (χ2n) is 6.43. The van der Waals surface area contributed by atoms with Crippen LogP contribution in [0.3, 0.4) is 0 Å². The summed E-state index contributed by atoms with van der Waals surface area (Å²) >= 11 is 0. The molecule has 0 bridgehead atoms. The lowest BCUT2D eigenvalue weighted by Crippen LogP contribution is -2.25. The van der Waals surface area contributed by atoms with Crippen molar-refractivity contribution in [2.75, 3.05) is 6.54 Å². The zero-order valence-electron chi connectivity index (χ0n) is 15.5. The summed E-state index contributed by atoms with van der Waals surface area (Å²) in [4.78, 5) is 11.4. The van der Waals surface area contributed by atoms with Crippen LogP contribution in [0.1, 0.15) is 38.7 Å². The summed E-state index contributed by atoms with van der Waals surface area (Å²) in [5.74, 6) is 0.429. The molecule has 0 heterocycles. The van der Waals surface area contributed by atoms with E-state index in [1.165, 1.54) is 18.4 Å². The van der Waals surface area contributed by atoms with Crippen LogP contribution in [0.4, 0.5) is 0 Å². The highest BCUT2D eigenvalue weighted by atomic mass is 16.1. The second kappa shape index (κ2) is 14.0. The van der Waals surface area contributed by atoms with Gasteiger partial charge in [-0.05, 0) is 37.2 Å². The van der Waals surface area contributed by atoms with Gasteiger partial charge in [-0.15, -0.1) is 0 Å². The van der Waals surface area contributed by atoms with Crippen molar-refractivity contribution >= 4 is 5.91 Å². The highest BCUT2D eigenvalue weighted by Crippen LogP contribution is 2.06. The Morgan fingerprint density at radius 3 is 2.36 bits per heavy atom. The van der Waals surface area contributed by atoms with Gasteiger partial charge >= 0.3 is 0 Å². The summed E-state index contributed by atoms with van der Waals surface area (Å²) in [7, 11) is 0. The minimum absolute atomic E-state index is 0.0438. The smallest absolute Gasteiger partial charge is 0.243 e. The van der Waals surface area contributed by atoms with Gasteiger partial charge in [0.15, 0.2) is 0 Å². The summed E-state index contributed by atoms with van der Waals surface area (Å²) in [6, 6.07) is 10.6. The Morgan fingerprint density at radius 1 is 0.960 bits per heavy atom. The maximum absolute atomic E-state index is 11.4. The highest BCUT2D eigenvalue weighted by molar-refractivity contribution is 5.87. The van der Waals surface area contributed by atoms with Crippen molar-refractivity contribution in [3.63, 3.8) is 0 Å². The minimum atomic E-state index is -0.0438. The molecular weight excluding hydrogens is 306 g/mol. The van der Waals surface area contributed by atoms with Crippen LogP contribution in [0, 0.1) is 5.92 Å². The van der Waals surface area contributed by atoms with Gasteiger partial charge < -0.3 is 5.32 Å². The summed E-state index contributed by atoms with van der Waals surface area (Å²) in [6.45, 7) is 4.86. The van der Waals surface area contributed by atoms with Crippen LogP contribution >= 0.6 is 0 Å². The normalized spacial score (nSPS) is 12.3. The molecule has 1 rings (SSSR count). The second-order valence-corrected chi connectivity index (χ2v) is 6.43. The van der Waals surface area contributed by atoms with Gasteiger partial charge in [-0.2, -0.15) is 0 Å². The molecule has 25 heavy (non-hydrogen) atoms. The molecule has 0 spiro atoms. The molecule has 1 amide bonds. The molecule has 1 N–H and O–H groups in total. The first-order valence-electron chi connectivity index (χ1n) is 9.17. The number of nitrogens with one attached hydrogen (secondary N) is 1. The lowest BCUT2D eigenvalue weighted by molar-refractivity contribution is -0.116. The van der Waals surface area contributed by atoms with Crippen LogP contribution in [-0.4, -0.2) is 12.5 Å². The van der Waals surface area contributed by atoms with Crippen LogP contribution in [0.15, 0.2) is 78.9 Å². The van der Waals surface area contributed by atoms with E-state index in [0.29, 0.717) is 12.5 Å². The molecule has 0 aliphatic carbocycles. The third-order valence-corrected chi connectivity index (χ3v) is 3.55. The van der Waals surface area contributed by atoms with Gasteiger partial charge in [0.1, 0.15) is 0 Å². The van der Waals surface area contributed by atoms with E-state index in [1.54, 1.807) is 12.2 Å². The van der Waals surface area contributed by atoms with Gasteiger partial charge in [-0.3, -0.25) is 4.79 Å². The van der Waals surface area contributed by atoms with Crippen molar-refractivity contribution < 1.29 is 4.79 Å². The summed E-state index contributed by atoms with van der Waals surface area (Å²) < 4.78 is 0. The van der Waals surface area contributed by atoms with Crippen molar-refractivity contribution in [1.82, 2.24) is 5.32 Å². The number of aryl methyl sites for hydroxylation is 1. The third kappa shape index (κ3) is 12.7. The lowest BCUT2D eigenvalue weighted by Gasteiger charge is -2.03. The number of unbranched alkanes of at least 4 members (excludes halogenated alkanes) is 2. The molecule has 1 aromatic carbocycles. The molecule has 134 valence electrons. The van der Waals surface area contributed by atoms with Gasteiger partial charge in [-0.1, -0.05) is 86.7 Å². The number of allylic oxidation sites excluding steroid dienone is 7. The van der Waals surface area contributed by atoms with E-state index >= 15 is 0 Å². The van der Waals surface area contributed by atoms with Gasteiger partial charge in [0, 0.05) is 12.6 Å². The predicted octanol–water partition coefficient (Wildman–Crippen LogP) is 5.40. The van der Waals surface area contributed by atoms with E-state index in [2.05, 4.69) is 61.6 Å². The number of hydrogen-bond acceptors (Lipinski definition) is 1. The molecule has 0 atom stereocenters. The van der Waals surface area contributed by atoms with Crippen molar-refractivity contribution in [2.24, 2.45) is 5.92 Å². The largest absolute Gasteiger partial charge is 0.352 e. The van der Waals surface area contributed by atoms with E-state index in [0.717, 1.165) is 12.8 Å². The predicted molar refractivity (Wildman–Crippen MR) is 108 cm³/mol. The fraction of sp³-hybridized carbons (Fsp3) is 0.348. The van der Waals surface area contributed by atoms with Gasteiger partial charge in [0.25, 0.3) is 0 Å². The Morgan fingerprint density at radius 2 is 1.64 bits per heavy atom. The Balaban J connectivity index is 2.06. The van der Waals surface area contributed by atoms with Gasteiger partial charge in [0.05, 0.1) is 0 Å². The first-order chi connectivity index (χ1) is 12.2. The maximum atomic E-state index is 11.4. The molecule has 2 heteroatoms. The molecule has 0 saturated carbocycles. The Bertz CT molecular complexity index is 579. The van der Waals surface area contributed by atoms with Crippen molar-refractivity contribution in [1.29, 1.82) is 0 Å². The standard InChI is InChI=1S/C23H31NO/c1-21(2)20-24-23(25)19-15-10-8-6-4-3-5-7-9-12-16-22-17-13-11-14-18-22/h3-6,8,10-11,13-15,17-19,21H,7,9,12,16,20H2,1-2H3,(H,24,25)/b5-3?,6-4?,10-8+,19-15+. The van der Waals surface area contributed by atoms with Crippen LogP contribution in [0.25, 0.3) is 0 Å². The lowest BCUT2D eigenvalue weighted by atomic mass is 10.1.